The van der Waals surface area contributed by atoms with Gasteiger partial charge in [-0.05, 0) is 50.6 Å². The van der Waals surface area contributed by atoms with E-state index >= 15 is 0 Å². The van der Waals surface area contributed by atoms with Gasteiger partial charge in [0.05, 0.1) is 11.4 Å². The van der Waals surface area contributed by atoms with Crippen molar-refractivity contribution in [3.8, 4) is 0 Å². The van der Waals surface area contributed by atoms with E-state index in [1.54, 1.807) is 0 Å². The number of nitrogens with one attached hydrogen (secondary N) is 3. The first-order valence-corrected chi connectivity index (χ1v) is 10.2. The number of carbonyl (C=O) groups excluding carboxylic acids is 2. The molecule has 0 radical (unpaired) electrons. The lowest BCUT2D eigenvalue weighted by Gasteiger charge is -2.30. The minimum atomic E-state index is -3.74. The third-order valence-corrected chi connectivity index (χ3v) is 6.70. The first-order chi connectivity index (χ1) is 12.4. The number of piperazine rings is 1. The van der Waals surface area contributed by atoms with Crippen molar-refractivity contribution in [2.45, 2.75) is 36.7 Å². The fourth-order valence-corrected chi connectivity index (χ4v) is 4.64. The van der Waals surface area contributed by atoms with Crippen LogP contribution in [0.25, 0.3) is 0 Å². The maximum absolute atomic E-state index is 12.6. The molecule has 27 heavy (non-hydrogen) atoms. The van der Waals surface area contributed by atoms with Crippen LogP contribution < -0.4 is 16.0 Å². The molecule has 2 atom stereocenters. The molecule has 2 heterocycles. The first-order valence-electron chi connectivity index (χ1n) is 8.79. The molecule has 2 aliphatic rings. The Morgan fingerprint density at radius 1 is 1.22 bits per heavy atom. The lowest BCUT2D eigenvalue weighted by atomic mass is 9.99. The number of halogens is 1. The van der Waals surface area contributed by atoms with Crippen molar-refractivity contribution in [2.75, 3.05) is 26.2 Å². The SMILES string of the molecule is CC1NCCCC1NC(=O)c1ccc(S(=O)(=O)N2CCNC(=O)C2)cc1.Cl. The van der Waals surface area contributed by atoms with Gasteiger partial charge in [0.1, 0.15) is 0 Å². The molecule has 0 spiro atoms. The average molecular weight is 417 g/mol. The van der Waals surface area contributed by atoms with E-state index in [0.29, 0.717) is 12.1 Å². The smallest absolute Gasteiger partial charge is 0.251 e. The van der Waals surface area contributed by atoms with Gasteiger partial charge >= 0.3 is 0 Å². The van der Waals surface area contributed by atoms with Gasteiger partial charge in [0.2, 0.25) is 15.9 Å². The van der Waals surface area contributed by atoms with Gasteiger partial charge < -0.3 is 16.0 Å². The molecule has 3 rings (SSSR count). The number of hydrogen-bond donors (Lipinski definition) is 3. The van der Waals surface area contributed by atoms with Crippen molar-refractivity contribution < 1.29 is 18.0 Å². The highest BCUT2D eigenvalue weighted by atomic mass is 35.5. The van der Waals surface area contributed by atoms with E-state index in [2.05, 4.69) is 16.0 Å². The van der Waals surface area contributed by atoms with E-state index in [1.807, 2.05) is 6.92 Å². The zero-order valence-corrected chi connectivity index (χ0v) is 16.7. The van der Waals surface area contributed by atoms with E-state index in [-0.39, 0.29) is 54.3 Å². The summed E-state index contributed by atoms with van der Waals surface area (Å²) in [5.41, 5.74) is 0.415. The number of nitrogens with zero attached hydrogens (tertiary/aromatic N) is 1. The summed E-state index contributed by atoms with van der Waals surface area (Å²) >= 11 is 0. The molecule has 10 heteroatoms. The quantitative estimate of drug-likeness (QED) is 0.645. The Kier molecular flexibility index (Phi) is 7.21. The van der Waals surface area contributed by atoms with Crippen LogP contribution in [0.2, 0.25) is 0 Å². The number of benzene rings is 1. The van der Waals surface area contributed by atoms with Gasteiger partial charge in [0.15, 0.2) is 0 Å². The van der Waals surface area contributed by atoms with E-state index in [0.717, 1.165) is 23.7 Å². The maximum atomic E-state index is 12.6. The van der Waals surface area contributed by atoms with Gasteiger partial charge in [-0.15, -0.1) is 12.4 Å². The summed E-state index contributed by atoms with van der Waals surface area (Å²) in [6.45, 7) is 3.34. The molecule has 2 unspecified atom stereocenters. The number of amides is 2. The summed E-state index contributed by atoms with van der Waals surface area (Å²) < 4.78 is 26.4. The van der Waals surface area contributed by atoms with Crippen molar-refractivity contribution in [3.63, 3.8) is 0 Å². The number of hydrogen-bond acceptors (Lipinski definition) is 5. The summed E-state index contributed by atoms with van der Waals surface area (Å²) in [7, 11) is -3.74. The monoisotopic (exact) mass is 416 g/mol. The molecule has 1 aromatic rings. The first kappa shape index (κ1) is 21.6. The highest BCUT2D eigenvalue weighted by Crippen LogP contribution is 2.17. The molecule has 2 saturated heterocycles. The molecule has 3 N–H and O–H groups in total. The second-order valence-electron chi connectivity index (χ2n) is 6.68. The summed E-state index contributed by atoms with van der Waals surface area (Å²) in [5.74, 6) is -0.530. The fraction of sp³-hybridized carbons (Fsp3) is 0.529. The highest BCUT2D eigenvalue weighted by Gasteiger charge is 2.29. The van der Waals surface area contributed by atoms with Gasteiger partial charge in [-0.2, -0.15) is 4.31 Å². The Balaban J connectivity index is 0.00000261. The maximum Gasteiger partial charge on any atom is 0.251 e. The van der Waals surface area contributed by atoms with E-state index in [9.17, 15) is 18.0 Å². The topological polar surface area (TPSA) is 108 Å². The normalized spacial score (nSPS) is 23.8. The van der Waals surface area contributed by atoms with Crippen LogP contribution in [-0.4, -0.2) is 62.8 Å². The number of carbonyl (C=O) groups is 2. The van der Waals surface area contributed by atoms with Crippen LogP contribution >= 0.6 is 12.4 Å². The van der Waals surface area contributed by atoms with Gasteiger partial charge in [0, 0.05) is 30.7 Å². The minimum absolute atomic E-state index is 0. The Bertz CT molecular complexity index is 785. The third-order valence-electron chi connectivity index (χ3n) is 4.84. The average Bonchev–Trinajstić information content (AvgIpc) is 2.63. The lowest BCUT2D eigenvalue weighted by molar-refractivity contribution is -0.122. The molecular formula is C17H25ClN4O4S. The van der Waals surface area contributed by atoms with Gasteiger partial charge in [-0.25, -0.2) is 8.42 Å². The largest absolute Gasteiger partial charge is 0.354 e. The number of sulfonamides is 1. The van der Waals surface area contributed by atoms with Gasteiger partial charge in [0.25, 0.3) is 5.91 Å². The van der Waals surface area contributed by atoms with Crippen molar-refractivity contribution >= 4 is 34.2 Å². The zero-order valence-electron chi connectivity index (χ0n) is 15.1. The van der Waals surface area contributed by atoms with Gasteiger partial charge in [-0.1, -0.05) is 0 Å². The molecule has 1 aromatic carbocycles. The molecule has 2 aliphatic heterocycles. The highest BCUT2D eigenvalue weighted by molar-refractivity contribution is 7.89. The molecule has 0 aliphatic carbocycles. The molecule has 8 nitrogen and oxygen atoms in total. The lowest BCUT2D eigenvalue weighted by Crippen LogP contribution is -2.51. The Morgan fingerprint density at radius 3 is 2.56 bits per heavy atom. The standard InChI is InChI=1S/C17H24N4O4S.ClH/c1-12-15(3-2-8-18-12)20-17(23)13-4-6-14(7-5-13)26(24,25)21-10-9-19-16(22)11-21;/h4-7,12,15,18H,2-3,8-11H2,1H3,(H,19,22)(H,20,23);1H. The second-order valence-corrected chi connectivity index (χ2v) is 8.62. The van der Waals surface area contributed by atoms with Gasteiger partial charge in [-0.3, -0.25) is 9.59 Å². The van der Waals surface area contributed by atoms with Crippen LogP contribution in [0, 0.1) is 0 Å². The summed E-state index contributed by atoms with van der Waals surface area (Å²) in [4.78, 5) is 23.9. The van der Waals surface area contributed by atoms with E-state index < -0.39 is 10.0 Å². The van der Waals surface area contributed by atoms with Crippen molar-refractivity contribution in [1.29, 1.82) is 0 Å². The molecule has 0 aromatic heterocycles. The molecule has 0 saturated carbocycles. The molecule has 2 amide bonds. The van der Waals surface area contributed by atoms with Crippen LogP contribution in [0.15, 0.2) is 29.2 Å². The second kappa shape index (κ2) is 9.01. The van der Waals surface area contributed by atoms with Crippen molar-refractivity contribution in [3.05, 3.63) is 29.8 Å². The molecule has 2 fully saturated rings. The van der Waals surface area contributed by atoms with Crippen LogP contribution in [0.4, 0.5) is 0 Å². The molecular weight excluding hydrogens is 392 g/mol. The number of piperidine rings is 1. The fourth-order valence-electron chi connectivity index (χ4n) is 3.24. The van der Waals surface area contributed by atoms with Crippen LogP contribution in [-0.2, 0) is 14.8 Å². The van der Waals surface area contributed by atoms with Crippen LogP contribution in [0.3, 0.4) is 0 Å². The molecule has 150 valence electrons. The van der Waals surface area contributed by atoms with Crippen molar-refractivity contribution in [1.82, 2.24) is 20.3 Å². The summed E-state index contributed by atoms with van der Waals surface area (Å²) in [6, 6.07) is 6.11. The Labute approximate surface area is 165 Å². The zero-order chi connectivity index (χ0) is 18.7. The van der Waals surface area contributed by atoms with Crippen LogP contribution in [0.5, 0.6) is 0 Å². The predicted octanol–water partition coefficient (Wildman–Crippen LogP) is 0.0992. The number of rotatable bonds is 4. The predicted molar refractivity (Wildman–Crippen MR) is 103 cm³/mol. The summed E-state index contributed by atoms with van der Waals surface area (Å²) in [6.07, 6.45) is 1.93. The van der Waals surface area contributed by atoms with E-state index in [1.165, 1.54) is 24.3 Å². The Morgan fingerprint density at radius 2 is 1.93 bits per heavy atom. The Hall–Kier alpha value is -1.68. The summed E-state index contributed by atoms with van der Waals surface area (Å²) in [5, 5.41) is 8.92. The molecule has 0 bridgehead atoms. The third kappa shape index (κ3) is 4.98. The van der Waals surface area contributed by atoms with Crippen molar-refractivity contribution in [2.24, 2.45) is 0 Å². The minimum Gasteiger partial charge on any atom is -0.354 e. The van der Waals surface area contributed by atoms with Crippen LogP contribution in [0.1, 0.15) is 30.1 Å². The van der Waals surface area contributed by atoms with E-state index in [4.69, 9.17) is 0 Å².